The van der Waals surface area contributed by atoms with Gasteiger partial charge in [-0.25, -0.2) is 4.79 Å². The van der Waals surface area contributed by atoms with Gasteiger partial charge in [0.15, 0.2) is 5.11 Å². The molecule has 0 aliphatic heterocycles. The smallest absolute Gasteiger partial charge is 0.338 e. The van der Waals surface area contributed by atoms with Crippen molar-refractivity contribution in [2.24, 2.45) is 0 Å². The monoisotopic (exact) mass is 344 g/mol. The van der Waals surface area contributed by atoms with Crippen molar-refractivity contribution in [2.75, 3.05) is 19.0 Å². The Hall–Kier alpha value is -2.60. The Kier molecular flexibility index (Phi) is 6.57. The van der Waals surface area contributed by atoms with E-state index in [0.717, 1.165) is 17.0 Å². The first-order valence-electron chi connectivity index (χ1n) is 7.57. The summed E-state index contributed by atoms with van der Waals surface area (Å²) in [5.74, 6) is 0.451. The van der Waals surface area contributed by atoms with Crippen molar-refractivity contribution in [3.8, 4) is 5.75 Å². The van der Waals surface area contributed by atoms with Gasteiger partial charge in [0.2, 0.25) is 0 Å². The lowest BCUT2D eigenvalue weighted by atomic mass is 10.2. The van der Waals surface area contributed by atoms with Crippen LogP contribution in [0.4, 0.5) is 5.69 Å². The Morgan fingerprint density at radius 3 is 2.71 bits per heavy atom. The number of hydrogen-bond acceptors (Lipinski definition) is 4. The molecule has 0 aromatic heterocycles. The Balaban J connectivity index is 1.92. The summed E-state index contributed by atoms with van der Waals surface area (Å²) in [6, 6.07) is 14.8. The summed E-state index contributed by atoms with van der Waals surface area (Å²) in [6.07, 6.45) is 0. The topological polar surface area (TPSA) is 59.6 Å². The van der Waals surface area contributed by atoms with E-state index in [9.17, 15) is 4.79 Å². The van der Waals surface area contributed by atoms with Crippen molar-refractivity contribution in [1.29, 1.82) is 0 Å². The second-order valence-corrected chi connectivity index (χ2v) is 5.37. The zero-order valence-corrected chi connectivity index (χ0v) is 14.5. The zero-order valence-electron chi connectivity index (χ0n) is 13.7. The lowest BCUT2D eigenvalue weighted by molar-refractivity contribution is 0.0526. The van der Waals surface area contributed by atoms with Crippen molar-refractivity contribution in [1.82, 2.24) is 5.32 Å². The quantitative estimate of drug-likeness (QED) is 0.619. The van der Waals surface area contributed by atoms with Gasteiger partial charge in [-0.05, 0) is 55.0 Å². The Morgan fingerprint density at radius 1 is 1.17 bits per heavy atom. The van der Waals surface area contributed by atoms with E-state index in [1.807, 2.05) is 30.3 Å². The molecule has 0 saturated heterocycles. The normalized spacial score (nSPS) is 9.92. The SMILES string of the molecule is CCOC(=O)c1cccc(NC(=S)NCc2cccc(OC)c2)c1. The molecular formula is C18H20N2O3S. The summed E-state index contributed by atoms with van der Waals surface area (Å²) >= 11 is 5.29. The van der Waals surface area contributed by atoms with Crippen LogP contribution in [0.25, 0.3) is 0 Å². The van der Waals surface area contributed by atoms with Crippen LogP contribution in [0.2, 0.25) is 0 Å². The summed E-state index contributed by atoms with van der Waals surface area (Å²) in [5.41, 5.74) is 2.26. The van der Waals surface area contributed by atoms with E-state index in [1.165, 1.54) is 0 Å². The maximum absolute atomic E-state index is 11.7. The van der Waals surface area contributed by atoms with Gasteiger partial charge in [-0.1, -0.05) is 18.2 Å². The number of ether oxygens (including phenoxy) is 2. The van der Waals surface area contributed by atoms with Gasteiger partial charge in [0, 0.05) is 12.2 Å². The van der Waals surface area contributed by atoms with Crippen LogP contribution in [-0.4, -0.2) is 24.8 Å². The molecule has 0 unspecified atom stereocenters. The molecule has 126 valence electrons. The van der Waals surface area contributed by atoms with Gasteiger partial charge in [-0.3, -0.25) is 0 Å². The Labute approximate surface area is 147 Å². The third-order valence-electron chi connectivity index (χ3n) is 3.22. The molecule has 0 heterocycles. The number of methoxy groups -OCH3 is 1. The molecular weight excluding hydrogens is 324 g/mol. The first-order valence-corrected chi connectivity index (χ1v) is 7.98. The maximum Gasteiger partial charge on any atom is 0.338 e. The Morgan fingerprint density at radius 2 is 1.96 bits per heavy atom. The second-order valence-electron chi connectivity index (χ2n) is 4.96. The maximum atomic E-state index is 11.7. The minimum absolute atomic E-state index is 0.344. The molecule has 2 aromatic carbocycles. The highest BCUT2D eigenvalue weighted by atomic mass is 32.1. The minimum atomic E-state index is -0.351. The van der Waals surface area contributed by atoms with Gasteiger partial charge in [0.05, 0.1) is 19.3 Å². The van der Waals surface area contributed by atoms with Crippen LogP contribution in [0.15, 0.2) is 48.5 Å². The van der Waals surface area contributed by atoms with Crippen LogP contribution < -0.4 is 15.4 Å². The summed E-state index contributed by atoms with van der Waals surface area (Å²) in [4.78, 5) is 11.7. The third-order valence-corrected chi connectivity index (χ3v) is 3.47. The second kappa shape index (κ2) is 8.88. The third kappa shape index (κ3) is 5.24. The van der Waals surface area contributed by atoms with E-state index in [-0.39, 0.29) is 5.97 Å². The van der Waals surface area contributed by atoms with E-state index in [1.54, 1.807) is 32.2 Å². The molecule has 2 N–H and O–H groups in total. The van der Waals surface area contributed by atoms with Crippen molar-refractivity contribution >= 4 is 29.0 Å². The van der Waals surface area contributed by atoms with Crippen LogP contribution in [-0.2, 0) is 11.3 Å². The van der Waals surface area contributed by atoms with Gasteiger partial charge >= 0.3 is 5.97 Å². The average molecular weight is 344 g/mol. The fraction of sp³-hybridized carbons (Fsp3) is 0.222. The van der Waals surface area contributed by atoms with E-state index < -0.39 is 0 Å². The minimum Gasteiger partial charge on any atom is -0.497 e. The highest BCUT2D eigenvalue weighted by molar-refractivity contribution is 7.80. The number of anilines is 1. The fourth-order valence-corrected chi connectivity index (χ4v) is 2.27. The van der Waals surface area contributed by atoms with Gasteiger partial charge in [-0.15, -0.1) is 0 Å². The van der Waals surface area contributed by atoms with Crippen LogP contribution in [0, 0.1) is 0 Å². The molecule has 0 bridgehead atoms. The fourth-order valence-electron chi connectivity index (χ4n) is 2.08. The summed E-state index contributed by atoms with van der Waals surface area (Å²) in [7, 11) is 1.63. The highest BCUT2D eigenvalue weighted by Gasteiger charge is 2.07. The molecule has 0 atom stereocenters. The first kappa shape index (κ1) is 17.7. The van der Waals surface area contributed by atoms with Crippen LogP contribution in [0.1, 0.15) is 22.8 Å². The van der Waals surface area contributed by atoms with E-state index in [2.05, 4.69) is 10.6 Å². The molecule has 0 spiro atoms. The highest BCUT2D eigenvalue weighted by Crippen LogP contribution is 2.13. The number of esters is 1. The standard InChI is InChI=1S/C18H20N2O3S/c1-3-23-17(21)14-7-5-8-15(11-14)20-18(24)19-12-13-6-4-9-16(10-13)22-2/h4-11H,3,12H2,1-2H3,(H2,19,20,24). The van der Waals surface area contributed by atoms with Crippen LogP contribution in [0.5, 0.6) is 5.75 Å². The number of thiocarbonyl (C=S) groups is 1. The molecule has 24 heavy (non-hydrogen) atoms. The molecule has 2 aromatic rings. The van der Waals surface area contributed by atoms with Crippen LogP contribution in [0.3, 0.4) is 0 Å². The van der Waals surface area contributed by atoms with Gasteiger partial charge in [-0.2, -0.15) is 0 Å². The number of nitrogens with one attached hydrogen (secondary N) is 2. The number of benzene rings is 2. The van der Waals surface area contributed by atoms with Gasteiger partial charge in [0.25, 0.3) is 0 Å². The molecule has 0 saturated carbocycles. The lowest BCUT2D eigenvalue weighted by Gasteiger charge is -2.12. The number of carbonyl (C=O) groups is 1. The van der Waals surface area contributed by atoms with Gasteiger partial charge in [0.1, 0.15) is 5.75 Å². The Bertz CT molecular complexity index is 719. The largest absolute Gasteiger partial charge is 0.497 e. The average Bonchev–Trinajstić information content (AvgIpc) is 2.60. The molecule has 0 aliphatic rings. The van der Waals surface area contributed by atoms with Crippen LogP contribution >= 0.6 is 12.2 Å². The molecule has 6 heteroatoms. The van der Waals surface area contributed by atoms with Crippen molar-refractivity contribution in [3.05, 3.63) is 59.7 Å². The molecule has 5 nitrogen and oxygen atoms in total. The molecule has 0 radical (unpaired) electrons. The van der Waals surface area contributed by atoms with E-state index >= 15 is 0 Å². The summed E-state index contributed by atoms with van der Waals surface area (Å²) in [6.45, 7) is 2.69. The summed E-state index contributed by atoms with van der Waals surface area (Å²) < 4.78 is 10.2. The molecule has 2 rings (SSSR count). The molecule has 0 aliphatic carbocycles. The van der Waals surface area contributed by atoms with Crippen molar-refractivity contribution in [3.63, 3.8) is 0 Å². The van der Waals surface area contributed by atoms with Crippen molar-refractivity contribution < 1.29 is 14.3 Å². The predicted molar refractivity (Wildman–Crippen MR) is 98.5 cm³/mol. The first-order chi connectivity index (χ1) is 11.6. The zero-order chi connectivity index (χ0) is 17.4. The van der Waals surface area contributed by atoms with E-state index in [0.29, 0.717) is 23.8 Å². The van der Waals surface area contributed by atoms with Crippen molar-refractivity contribution in [2.45, 2.75) is 13.5 Å². The lowest BCUT2D eigenvalue weighted by Crippen LogP contribution is -2.28. The number of hydrogen-bond donors (Lipinski definition) is 2. The number of rotatable bonds is 6. The molecule has 0 amide bonds. The molecule has 0 fully saturated rings. The van der Waals surface area contributed by atoms with Gasteiger partial charge < -0.3 is 20.1 Å². The predicted octanol–water partition coefficient (Wildman–Crippen LogP) is 3.36. The number of carbonyl (C=O) groups excluding carboxylic acids is 1. The van der Waals surface area contributed by atoms with E-state index in [4.69, 9.17) is 21.7 Å². The summed E-state index contributed by atoms with van der Waals surface area (Å²) in [5, 5.41) is 6.65.